The number of carbonyl (C=O) groups is 3. The number of carbonyl (C=O) groups excluding carboxylic acids is 3. The van der Waals surface area contributed by atoms with E-state index in [-0.39, 0.29) is 47.0 Å². The molecule has 0 unspecified atom stereocenters. The molecule has 0 radical (unpaired) electrons. The number of benzene rings is 2. The van der Waals surface area contributed by atoms with Gasteiger partial charge in [0.2, 0.25) is 17.7 Å². The second-order valence-electron chi connectivity index (χ2n) is 11.9. The van der Waals surface area contributed by atoms with E-state index in [1.54, 1.807) is 31.2 Å². The maximum atomic E-state index is 13.2. The third-order valence-corrected chi connectivity index (χ3v) is 10.1. The highest BCUT2D eigenvalue weighted by atomic mass is 32.2. The Morgan fingerprint density at radius 3 is 2.12 bits per heavy atom. The number of likely N-dealkylation sites (N-methyl/N-ethyl adjacent to an activating group) is 1. The van der Waals surface area contributed by atoms with Gasteiger partial charge in [-0.1, -0.05) is 42.5 Å². The van der Waals surface area contributed by atoms with E-state index in [4.69, 9.17) is 0 Å². The van der Waals surface area contributed by atoms with Crippen LogP contribution in [0.15, 0.2) is 59.5 Å². The van der Waals surface area contributed by atoms with Crippen LogP contribution < -0.4 is 5.32 Å². The number of rotatable bonds is 11. The zero-order chi connectivity index (χ0) is 31.0. The lowest BCUT2D eigenvalue weighted by Crippen LogP contribution is -2.48. The van der Waals surface area contributed by atoms with Crippen LogP contribution in [0.25, 0.3) is 0 Å². The molecule has 0 bridgehead atoms. The van der Waals surface area contributed by atoms with Crippen molar-refractivity contribution in [1.82, 2.24) is 20.0 Å². The highest BCUT2D eigenvalue weighted by Gasteiger charge is 2.30. The number of sulfone groups is 1. The van der Waals surface area contributed by atoms with Crippen molar-refractivity contribution in [2.45, 2.75) is 69.4 Å². The average Bonchev–Trinajstić information content (AvgIpc) is 3.00. The lowest BCUT2D eigenvalue weighted by atomic mass is 9.94. The summed E-state index contributed by atoms with van der Waals surface area (Å²) in [5, 5.41) is 3.32. The molecule has 10 heteroatoms. The highest BCUT2D eigenvalue weighted by molar-refractivity contribution is 7.90. The van der Waals surface area contributed by atoms with Crippen molar-refractivity contribution in [2.75, 3.05) is 45.5 Å². The molecule has 9 nitrogen and oxygen atoms in total. The molecule has 234 valence electrons. The van der Waals surface area contributed by atoms with Crippen LogP contribution in [-0.4, -0.2) is 92.4 Å². The molecule has 1 N–H and O–H groups in total. The summed E-state index contributed by atoms with van der Waals surface area (Å²) in [6.45, 7) is 8.11. The summed E-state index contributed by atoms with van der Waals surface area (Å²) in [5.41, 5.74) is 1.91. The molecule has 2 fully saturated rings. The van der Waals surface area contributed by atoms with Gasteiger partial charge in [0.15, 0.2) is 9.84 Å². The summed E-state index contributed by atoms with van der Waals surface area (Å²) in [6, 6.07) is 16.8. The summed E-state index contributed by atoms with van der Waals surface area (Å²) in [7, 11) is -3.27. The quantitative estimate of drug-likeness (QED) is 0.418. The van der Waals surface area contributed by atoms with E-state index in [1.165, 1.54) is 6.26 Å². The number of hydrogen-bond acceptors (Lipinski definition) is 6. The monoisotopic (exact) mass is 610 g/mol. The molecule has 2 heterocycles. The van der Waals surface area contributed by atoms with Gasteiger partial charge in [-0.25, -0.2) is 8.42 Å². The van der Waals surface area contributed by atoms with Crippen molar-refractivity contribution in [1.29, 1.82) is 0 Å². The molecule has 4 rings (SSSR count). The normalized spacial score (nSPS) is 17.8. The van der Waals surface area contributed by atoms with Gasteiger partial charge in [0.25, 0.3) is 0 Å². The minimum atomic E-state index is -3.27. The Labute approximate surface area is 256 Å². The Morgan fingerprint density at radius 1 is 0.930 bits per heavy atom. The van der Waals surface area contributed by atoms with Gasteiger partial charge in [-0.3, -0.25) is 14.4 Å². The first kappa shape index (κ1) is 32.7. The van der Waals surface area contributed by atoms with Gasteiger partial charge >= 0.3 is 0 Å². The van der Waals surface area contributed by atoms with Gasteiger partial charge in [-0.15, -0.1) is 0 Å². The van der Waals surface area contributed by atoms with Crippen LogP contribution in [0, 0.1) is 5.92 Å². The third-order valence-electron chi connectivity index (χ3n) is 8.93. The fourth-order valence-corrected chi connectivity index (χ4v) is 6.92. The number of nitrogens with one attached hydrogen (secondary N) is 1. The van der Waals surface area contributed by atoms with Gasteiger partial charge in [0, 0.05) is 64.4 Å². The first-order chi connectivity index (χ1) is 20.5. The predicted octanol–water partition coefficient (Wildman–Crippen LogP) is 3.45. The maximum absolute atomic E-state index is 13.2. The smallest absolute Gasteiger partial charge is 0.227 e. The molecule has 0 aromatic heterocycles. The van der Waals surface area contributed by atoms with Gasteiger partial charge in [-0.2, -0.15) is 0 Å². The lowest BCUT2D eigenvalue weighted by Gasteiger charge is -2.39. The minimum absolute atomic E-state index is 0.0639. The molecule has 2 aliphatic rings. The van der Waals surface area contributed by atoms with E-state index in [1.807, 2.05) is 34.9 Å². The highest BCUT2D eigenvalue weighted by Crippen LogP contribution is 2.24. The summed E-state index contributed by atoms with van der Waals surface area (Å²) < 4.78 is 23.5. The molecule has 2 aromatic rings. The summed E-state index contributed by atoms with van der Waals surface area (Å²) >= 11 is 0. The zero-order valence-electron chi connectivity index (χ0n) is 25.7. The SMILES string of the molecule is CCN(C(=O)Cc1ccc(S(C)(=O)=O)cc1)C1CCN(CC[C@H](NC(=O)C2CCN(C(C)=O)CC2)c2ccccc2)CC1. The predicted molar refractivity (Wildman–Crippen MR) is 167 cm³/mol. The summed E-state index contributed by atoms with van der Waals surface area (Å²) in [6.07, 6.45) is 5.40. The van der Waals surface area contributed by atoms with E-state index in [0.717, 1.165) is 50.0 Å². The standard InChI is InChI=1S/C33H46N4O5S/c1-4-37(32(39)24-26-10-12-30(13-11-26)43(3,41)42)29-16-19-35(20-17-29)21-18-31(27-8-6-5-7-9-27)34-33(40)28-14-22-36(23-15-28)25(2)38/h5-13,28-29,31H,4,14-24H2,1-3H3,(H,34,40)/t31-/m0/s1. The van der Waals surface area contributed by atoms with Crippen LogP contribution in [0.3, 0.4) is 0 Å². The lowest BCUT2D eigenvalue weighted by molar-refractivity contribution is -0.134. The van der Waals surface area contributed by atoms with Gasteiger partial charge in [-0.05, 0) is 62.3 Å². The van der Waals surface area contributed by atoms with E-state index in [2.05, 4.69) is 22.3 Å². The molecule has 2 aromatic carbocycles. The summed E-state index contributed by atoms with van der Waals surface area (Å²) in [4.78, 5) is 44.6. The fraction of sp³-hybridized carbons (Fsp3) is 0.545. The van der Waals surface area contributed by atoms with Crippen molar-refractivity contribution in [2.24, 2.45) is 5.92 Å². The van der Waals surface area contributed by atoms with Crippen LogP contribution in [0.2, 0.25) is 0 Å². The fourth-order valence-electron chi connectivity index (χ4n) is 6.29. The number of piperidine rings is 2. The first-order valence-corrected chi connectivity index (χ1v) is 17.4. The second-order valence-corrected chi connectivity index (χ2v) is 13.9. The number of amides is 3. The third kappa shape index (κ3) is 9.13. The van der Waals surface area contributed by atoms with Crippen molar-refractivity contribution in [3.8, 4) is 0 Å². The topological polar surface area (TPSA) is 107 Å². The molecule has 1 atom stereocenters. The molecule has 2 aliphatic heterocycles. The van der Waals surface area contributed by atoms with Crippen LogP contribution >= 0.6 is 0 Å². The van der Waals surface area contributed by atoms with Crippen LogP contribution in [0.4, 0.5) is 0 Å². The Bertz CT molecular complexity index is 1330. The molecule has 0 spiro atoms. The Morgan fingerprint density at radius 2 is 1.56 bits per heavy atom. The first-order valence-electron chi connectivity index (χ1n) is 15.5. The van der Waals surface area contributed by atoms with E-state index < -0.39 is 9.84 Å². The van der Waals surface area contributed by atoms with Gasteiger partial charge < -0.3 is 20.0 Å². The Balaban J connectivity index is 1.28. The van der Waals surface area contributed by atoms with Gasteiger partial charge in [0.05, 0.1) is 17.4 Å². The number of hydrogen-bond donors (Lipinski definition) is 1. The maximum Gasteiger partial charge on any atom is 0.227 e. The number of nitrogens with zero attached hydrogens (tertiary/aromatic N) is 3. The minimum Gasteiger partial charge on any atom is -0.349 e. The average molecular weight is 611 g/mol. The van der Waals surface area contributed by atoms with Crippen LogP contribution in [0.5, 0.6) is 0 Å². The largest absolute Gasteiger partial charge is 0.349 e. The zero-order valence-corrected chi connectivity index (χ0v) is 26.5. The summed E-state index contributed by atoms with van der Waals surface area (Å²) in [5.74, 6) is 0.123. The van der Waals surface area contributed by atoms with Crippen molar-refractivity contribution < 1.29 is 22.8 Å². The van der Waals surface area contributed by atoms with E-state index in [9.17, 15) is 22.8 Å². The molecular weight excluding hydrogens is 564 g/mol. The molecule has 0 aliphatic carbocycles. The number of likely N-dealkylation sites (tertiary alicyclic amines) is 2. The molecular formula is C33H46N4O5S. The van der Waals surface area contributed by atoms with Crippen molar-refractivity contribution >= 4 is 27.6 Å². The Hall–Kier alpha value is -3.24. The molecule has 43 heavy (non-hydrogen) atoms. The molecule has 0 saturated carbocycles. The van der Waals surface area contributed by atoms with Crippen LogP contribution in [-0.2, 0) is 30.6 Å². The van der Waals surface area contributed by atoms with Crippen LogP contribution in [0.1, 0.15) is 63.1 Å². The molecule has 3 amide bonds. The van der Waals surface area contributed by atoms with Gasteiger partial charge in [0.1, 0.15) is 0 Å². The van der Waals surface area contributed by atoms with Crippen molar-refractivity contribution in [3.63, 3.8) is 0 Å². The van der Waals surface area contributed by atoms with Crippen molar-refractivity contribution in [3.05, 3.63) is 65.7 Å². The Kier molecular flexibility index (Phi) is 11.4. The second kappa shape index (κ2) is 15.0. The van der Waals surface area contributed by atoms with E-state index in [0.29, 0.717) is 32.5 Å². The van der Waals surface area contributed by atoms with E-state index >= 15 is 0 Å². The molecule has 2 saturated heterocycles.